The molecule has 2 rings (SSSR count). The van der Waals surface area contributed by atoms with Crippen LogP contribution in [-0.2, 0) is 4.79 Å². The summed E-state index contributed by atoms with van der Waals surface area (Å²) in [6.07, 6.45) is 0.286. The zero-order chi connectivity index (χ0) is 18.6. The molecule has 0 spiro atoms. The van der Waals surface area contributed by atoms with Crippen molar-refractivity contribution >= 4 is 17.5 Å². The van der Waals surface area contributed by atoms with E-state index >= 15 is 0 Å². The monoisotopic (exact) mass is 359 g/mol. The van der Waals surface area contributed by atoms with Crippen LogP contribution in [0.4, 0.5) is 0 Å². The zero-order valence-corrected chi connectivity index (χ0v) is 16.0. The molecule has 1 N–H and O–H groups in total. The summed E-state index contributed by atoms with van der Waals surface area (Å²) >= 11 is 6.14. The van der Waals surface area contributed by atoms with Crippen molar-refractivity contribution in [2.24, 2.45) is 0 Å². The molecule has 0 saturated heterocycles. The minimum atomic E-state index is -0.243. The molecule has 3 nitrogen and oxygen atoms in total. The maximum Gasteiger partial charge on any atom is 0.223 e. The van der Waals surface area contributed by atoms with Gasteiger partial charge in [-0.1, -0.05) is 41.9 Å². The number of carbonyl (C=O) groups excluding carboxylic acids is 1. The Bertz CT molecular complexity index is 705. The lowest BCUT2D eigenvalue weighted by atomic mass is 9.87. The van der Waals surface area contributed by atoms with Crippen molar-refractivity contribution in [2.75, 3.05) is 0 Å². The van der Waals surface area contributed by atoms with E-state index in [4.69, 9.17) is 11.6 Å². The van der Waals surface area contributed by atoms with Gasteiger partial charge in [-0.05, 0) is 51.5 Å². The third-order valence-electron chi connectivity index (χ3n) is 4.35. The van der Waals surface area contributed by atoms with E-state index in [1.807, 2.05) is 62.9 Å². The molecule has 0 aliphatic heterocycles. The van der Waals surface area contributed by atoms with Crippen molar-refractivity contribution in [3.8, 4) is 5.75 Å². The van der Waals surface area contributed by atoms with Gasteiger partial charge in [-0.25, -0.2) is 0 Å². The van der Waals surface area contributed by atoms with E-state index in [-0.39, 0.29) is 36.1 Å². The van der Waals surface area contributed by atoms with E-state index in [1.54, 1.807) is 18.2 Å². The van der Waals surface area contributed by atoms with Crippen molar-refractivity contribution < 1.29 is 9.90 Å². The van der Waals surface area contributed by atoms with Crippen LogP contribution in [0.1, 0.15) is 51.2 Å². The van der Waals surface area contributed by atoms with Crippen LogP contribution in [-0.4, -0.2) is 28.0 Å². The lowest BCUT2D eigenvalue weighted by molar-refractivity contribution is -0.135. The van der Waals surface area contributed by atoms with Crippen LogP contribution < -0.4 is 0 Å². The lowest BCUT2D eigenvalue weighted by Gasteiger charge is -2.32. The average molecular weight is 360 g/mol. The van der Waals surface area contributed by atoms with Gasteiger partial charge in [0.2, 0.25) is 5.91 Å². The van der Waals surface area contributed by atoms with Crippen LogP contribution in [0.2, 0.25) is 5.02 Å². The number of aromatic hydroxyl groups is 1. The van der Waals surface area contributed by atoms with Gasteiger partial charge in [0.25, 0.3) is 0 Å². The SMILES string of the molecule is CC(C)N(C(=O)C[C@@H](c1ccccc1)c1cc(Cl)ccc1O)C(C)C. The molecule has 0 unspecified atom stereocenters. The maximum atomic E-state index is 13.0. The molecule has 0 aromatic heterocycles. The topological polar surface area (TPSA) is 40.5 Å². The highest BCUT2D eigenvalue weighted by atomic mass is 35.5. The molecule has 0 saturated carbocycles. The Hall–Kier alpha value is -2.00. The molecule has 0 fully saturated rings. The summed E-state index contributed by atoms with van der Waals surface area (Å²) in [6.45, 7) is 8.08. The van der Waals surface area contributed by atoms with E-state index in [0.717, 1.165) is 5.56 Å². The Kier molecular flexibility index (Phi) is 6.49. The Balaban J connectivity index is 2.43. The number of phenolic OH excluding ortho intramolecular Hbond substituents is 1. The summed E-state index contributed by atoms with van der Waals surface area (Å²) in [5.74, 6) is -0.0164. The Morgan fingerprint density at radius 3 is 2.20 bits per heavy atom. The van der Waals surface area contributed by atoms with Gasteiger partial charge in [0.1, 0.15) is 5.75 Å². The van der Waals surface area contributed by atoms with E-state index in [0.29, 0.717) is 10.6 Å². The predicted molar refractivity (Wildman–Crippen MR) is 103 cm³/mol. The first-order valence-corrected chi connectivity index (χ1v) is 9.03. The lowest BCUT2D eigenvalue weighted by Crippen LogP contribution is -2.42. The summed E-state index contributed by atoms with van der Waals surface area (Å²) in [4.78, 5) is 14.9. The second-order valence-electron chi connectivity index (χ2n) is 6.86. The Morgan fingerprint density at radius 1 is 1.04 bits per heavy atom. The molecule has 25 heavy (non-hydrogen) atoms. The summed E-state index contributed by atoms with van der Waals surface area (Å²) in [5, 5.41) is 10.9. The van der Waals surface area contributed by atoms with Gasteiger partial charge in [0.15, 0.2) is 0 Å². The molecule has 0 bridgehead atoms. The fraction of sp³-hybridized carbons (Fsp3) is 0.381. The predicted octanol–water partition coefficient (Wildman–Crippen LogP) is 5.21. The molecule has 134 valence electrons. The zero-order valence-electron chi connectivity index (χ0n) is 15.2. The number of benzene rings is 2. The number of rotatable bonds is 6. The molecule has 1 atom stereocenters. The standard InChI is InChI=1S/C21H26ClNO2/c1-14(2)23(15(3)4)21(25)13-18(16-8-6-5-7-9-16)19-12-17(22)10-11-20(19)24/h5-12,14-15,18,24H,13H2,1-4H3/t18-/m0/s1. The van der Waals surface area contributed by atoms with Crippen LogP contribution in [0.15, 0.2) is 48.5 Å². The third-order valence-corrected chi connectivity index (χ3v) is 4.58. The molecular formula is C21H26ClNO2. The van der Waals surface area contributed by atoms with Crippen LogP contribution in [0, 0.1) is 0 Å². The minimum Gasteiger partial charge on any atom is -0.508 e. The second-order valence-corrected chi connectivity index (χ2v) is 7.30. The fourth-order valence-electron chi connectivity index (χ4n) is 3.35. The summed E-state index contributed by atoms with van der Waals surface area (Å²) in [6, 6.07) is 15.0. The maximum absolute atomic E-state index is 13.0. The van der Waals surface area contributed by atoms with Crippen LogP contribution >= 0.6 is 11.6 Å². The second kappa shape index (κ2) is 8.39. The van der Waals surface area contributed by atoms with Crippen molar-refractivity contribution in [2.45, 2.75) is 52.1 Å². The smallest absolute Gasteiger partial charge is 0.223 e. The van der Waals surface area contributed by atoms with Gasteiger partial charge in [-0.3, -0.25) is 4.79 Å². The van der Waals surface area contributed by atoms with Gasteiger partial charge in [-0.2, -0.15) is 0 Å². The number of amides is 1. The molecule has 0 aliphatic rings. The van der Waals surface area contributed by atoms with Gasteiger partial charge in [-0.15, -0.1) is 0 Å². The highest BCUT2D eigenvalue weighted by Gasteiger charge is 2.26. The van der Waals surface area contributed by atoms with Crippen molar-refractivity contribution in [1.29, 1.82) is 0 Å². The van der Waals surface area contributed by atoms with Gasteiger partial charge < -0.3 is 10.0 Å². The summed E-state index contributed by atoms with van der Waals surface area (Å²) < 4.78 is 0. The quantitative estimate of drug-likeness (QED) is 0.768. The Labute approximate surface area is 155 Å². The highest BCUT2D eigenvalue weighted by Crippen LogP contribution is 2.36. The number of halogens is 1. The fourth-order valence-corrected chi connectivity index (χ4v) is 3.53. The molecular weight excluding hydrogens is 334 g/mol. The van der Waals surface area contributed by atoms with Crippen LogP contribution in [0.25, 0.3) is 0 Å². The van der Waals surface area contributed by atoms with Crippen LogP contribution in [0.5, 0.6) is 5.75 Å². The van der Waals surface area contributed by atoms with Gasteiger partial charge in [0, 0.05) is 35.0 Å². The molecule has 4 heteroatoms. The van der Waals surface area contributed by atoms with E-state index in [9.17, 15) is 9.90 Å². The first-order valence-electron chi connectivity index (χ1n) is 8.65. The first-order chi connectivity index (χ1) is 11.8. The molecule has 0 heterocycles. The molecule has 1 amide bonds. The molecule has 0 aliphatic carbocycles. The molecule has 0 radical (unpaired) electrons. The average Bonchev–Trinajstić information content (AvgIpc) is 2.55. The van der Waals surface area contributed by atoms with E-state index in [1.165, 1.54) is 0 Å². The van der Waals surface area contributed by atoms with Crippen molar-refractivity contribution in [3.63, 3.8) is 0 Å². The van der Waals surface area contributed by atoms with Gasteiger partial charge >= 0.3 is 0 Å². The Morgan fingerprint density at radius 2 is 1.64 bits per heavy atom. The highest BCUT2D eigenvalue weighted by molar-refractivity contribution is 6.30. The summed E-state index contributed by atoms with van der Waals surface area (Å²) in [7, 11) is 0. The van der Waals surface area contributed by atoms with E-state index in [2.05, 4.69) is 0 Å². The number of nitrogens with zero attached hydrogens (tertiary/aromatic N) is 1. The normalized spacial score (nSPS) is 12.4. The number of phenols is 1. The van der Waals surface area contributed by atoms with Crippen molar-refractivity contribution in [3.05, 3.63) is 64.7 Å². The molecule has 2 aromatic carbocycles. The third kappa shape index (κ3) is 4.76. The first kappa shape index (κ1) is 19.3. The minimum absolute atomic E-state index is 0.0678. The van der Waals surface area contributed by atoms with E-state index < -0.39 is 0 Å². The number of carbonyl (C=O) groups is 1. The number of hydrogen-bond acceptors (Lipinski definition) is 2. The van der Waals surface area contributed by atoms with Crippen LogP contribution in [0.3, 0.4) is 0 Å². The number of hydrogen-bond donors (Lipinski definition) is 1. The van der Waals surface area contributed by atoms with Crippen molar-refractivity contribution in [1.82, 2.24) is 4.90 Å². The van der Waals surface area contributed by atoms with Gasteiger partial charge in [0.05, 0.1) is 0 Å². The largest absolute Gasteiger partial charge is 0.508 e. The molecule has 2 aromatic rings. The summed E-state index contributed by atoms with van der Waals surface area (Å²) in [5.41, 5.74) is 1.67.